The van der Waals surface area contributed by atoms with Crippen molar-refractivity contribution in [3.05, 3.63) is 73.9 Å². The monoisotopic (exact) mass is 480 g/mol. The highest BCUT2D eigenvalue weighted by Gasteiger charge is 2.33. The van der Waals surface area contributed by atoms with E-state index in [0.717, 1.165) is 5.56 Å². The molecule has 1 aliphatic rings. The molecule has 0 amide bonds. The number of pyridine rings is 2. The summed E-state index contributed by atoms with van der Waals surface area (Å²) in [5.74, 6) is -0.297. The normalized spacial score (nSPS) is 15.2. The predicted molar refractivity (Wildman–Crippen MR) is 128 cm³/mol. The van der Waals surface area contributed by atoms with E-state index in [0.29, 0.717) is 31.7 Å². The van der Waals surface area contributed by atoms with Crippen molar-refractivity contribution in [2.24, 2.45) is 0 Å². The molecule has 0 saturated carbocycles. The molecule has 10 nitrogen and oxygen atoms in total. The molecular weight excluding hydrogens is 455 g/mol. The number of benzene rings is 1. The number of rotatable bonds is 7. The molecule has 1 atom stereocenters. The molecule has 3 aromatic rings. The van der Waals surface area contributed by atoms with Crippen LogP contribution in [0, 0.1) is 27.3 Å². The molecule has 0 aliphatic carbocycles. The van der Waals surface area contributed by atoms with Crippen molar-refractivity contribution in [3.8, 4) is 6.07 Å². The van der Waals surface area contributed by atoms with E-state index in [1.807, 2.05) is 13.0 Å². The maximum absolute atomic E-state index is 13.3. The Kier molecular flexibility index (Phi) is 7.04. The van der Waals surface area contributed by atoms with Crippen molar-refractivity contribution in [3.63, 3.8) is 0 Å². The molecular formula is C24H25FN6O4. The van der Waals surface area contributed by atoms with E-state index in [1.54, 1.807) is 23.1 Å². The highest BCUT2D eigenvalue weighted by atomic mass is 19.1. The van der Waals surface area contributed by atoms with Crippen molar-refractivity contribution in [1.82, 2.24) is 14.5 Å². The Bertz CT molecular complexity index is 1340. The summed E-state index contributed by atoms with van der Waals surface area (Å²) in [6.07, 6.45) is 0. The van der Waals surface area contributed by atoms with Crippen LogP contribution in [-0.2, 0) is 11.3 Å². The SMILES string of the molecule is COCCn1c(=O)c([N+](=O)[O-])c(N2CCN([C@H](C)c3ccc(F)cc3)CC2)c2nc(C#N)ccc21. The van der Waals surface area contributed by atoms with Gasteiger partial charge in [-0.25, -0.2) is 9.37 Å². The third kappa shape index (κ3) is 4.71. The summed E-state index contributed by atoms with van der Waals surface area (Å²) in [7, 11) is 1.48. The van der Waals surface area contributed by atoms with Gasteiger partial charge in [-0.15, -0.1) is 0 Å². The van der Waals surface area contributed by atoms with E-state index < -0.39 is 16.2 Å². The molecule has 3 heterocycles. The van der Waals surface area contributed by atoms with Gasteiger partial charge in [0.2, 0.25) is 0 Å². The van der Waals surface area contributed by atoms with E-state index in [2.05, 4.69) is 9.88 Å². The van der Waals surface area contributed by atoms with Crippen LogP contribution in [0.2, 0.25) is 0 Å². The lowest BCUT2D eigenvalue weighted by atomic mass is 10.1. The molecule has 1 aromatic carbocycles. The van der Waals surface area contributed by atoms with Crippen LogP contribution in [0.1, 0.15) is 24.2 Å². The molecule has 0 bridgehead atoms. The molecule has 1 aliphatic heterocycles. The van der Waals surface area contributed by atoms with Gasteiger partial charge in [0.25, 0.3) is 0 Å². The molecule has 4 rings (SSSR count). The number of fused-ring (bicyclic) bond motifs is 1. The van der Waals surface area contributed by atoms with Gasteiger partial charge in [-0.3, -0.25) is 24.4 Å². The van der Waals surface area contributed by atoms with Gasteiger partial charge in [-0.05, 0) is 36.8 Å². The largest absolute Gasteiger partial charge is 0.383 e. The van der Waals surface area contributed by atoms with Gasteiger partial charge in [0.1, 0.15) is 23.1 Å². The Labute approximate surface area is 200 Å². The second-order valence-corrected chi connectivity index (χ2v) is 8.33. The minimum atomic E-state index is -0.733. The Morgan fingerprint density at radius 1 is 1.20 bits per heavy atom. The van der Waals surface area contributed by atoms with E-state index in [1.165, 1.54) is 29.9 Å². The van der Waals surface area contributed by atoms with Crippen molar-refractivity contribution in [2.45, 2.75) is 19.5 Å². The zero-order valence-corrected chi connectivity index (χ0v) is 19.5. The standard InChI is InChI=1S/C24H25FN6O4/c1-16(17-3-5-18(25)6-4-17)28-9-11-29(12-10-28)22-21-20(8-7-19(15-26)27-21)30(13-14-35-2)24(32)23(22)31(33)34/h3-8,16H,9-14H2,1-2H3/t16-/m1/s1. The minimum absolute atomic E-state index is 0.0230. The first-order chi connectivity index (χ1) is 16.8. The topological polar surface area (TPSA) is 118 Å². The molecule has 182 valence electrons. The van der Waals surface area contributed by atoms with Crippen LogP contribution in [0.15, 0.2) is 41.2 Å². The minimum Gasteiger partial charge on any atom is -0.383 e. The number of aromatic nitrogens is 2. The average Bonchev–Trinajstić information content (AvgIpc) is 2.87. The number of anilines is 1. The number of methoxy groups -OCH3 is 1. The summed E-state index contributed by atoms with van der Waals surface area (Å²) in [5, 5.41) is 21.5. The third-order valence-electron chi connectivity index (χ3n) is 6.41. The molecule has 35 heavy (non-hydrogen) atoms. The van der Waals surface area contributed by atoms with Crippen molar-refractivity contribution >= 4 is 22.4 Å². The van der Waals surface area contributed by atoms with Crippen molar-refractivity contribution < 1.29 is 14.1 Å². The Balaban J connectivity index is 1.74. The smallest absolute Gasteiger partial charge is 0.359 e. The lowest BCUT2D eigenvalue weighted by Crippen LogP contribution is -2.48. The molecule has 2 aromatic heterocycles. The number of nitro groups is 1. The highest BCUT2D eigenvalue weighted by Crippen LogP contribution is 2.34. The summed E-state index contributed by atoms with van der Waals surface area (Å²) in [6, 6.07) is 11.4. The number of hydrogen-bond donors (Lipinski definition) is 0. The summed E-state index contributed by atoms with van der Waals surface area (Å²) in [4.78, 5) is 33.0. The summed E-state index contributed by atoms with van der Waals surface area (Å²) < 4.78 is 19.7. The van der Waals surface area contributed by atoms with E-state index in [9.17, 15) is 24.6 Å². The molecule has 11 heteroatoms. The zero-order valence-electron chi connectivity index (χ0n) is 19.5. The van der Waals surface area contributed by atoms with Crippen LogP contribution in [0.3, 0.4) is 0 Å². The Hall–Kier alpha value is -3.88. The van der Waals surface area contributed by atoms with Gasteiger partial charge in [0.15, 0.2) is 5.69 Å². The summed E-state index contributed by atoms with van der Waals surface area (Å²) in [6.45, 7) is 4.31. The van der Waals surface area contributed by atoms with E-state index in [4.69, 9.17) is 4.74 Å². The molecule has 0 unspecified atom stereocenters. The van der Waals surface area contributed by atoms with Gasteiger partial charge in [-0.2, -0.15) is 5.26 Å². The quantitative estimate of drug-likeness (QED) is 0.374. The fourth-order valence-corrected chi connectivity index (χ4v) is 4.51. The van der Waals surface area contributed by atoms with E-state index in [-0.39, 0.29) is 41.9 Å². The van der Waals surface area contributed by atoms with Crippen LogP contribution in [0.4, 0.5) is 15.8 Å². The highest BCUT2D eigenvalue weighted by molar-refractivity contribution is 5.94. The molecule has 1 saturated heterocycles. The van der Waals surface area contributed by atoms with Crippen LogP contribution in [0.5, 0.6) is 0 Å². The average molecular weight is 481 g/mol. The number of piperazine rings is 1. The second kappa shape index (κ2) is 10.2. The van der Waals surface area contributed by atoms with Crippen molar-refractivity contribution in [1.29, 1.82) is 5.26 Å². The molecule has 0 N–H and O–H groups in total. The maximum atomic E-state index is 13.3. The number of nitrogens with zero attached hydrogens (tertiary/aromatic N) is 6. The fraction of sp³-hybridized carbons (Fsp3) is 0.375. The Morgan fingerprint density at radius 2 is 1.89 bits per heavy atom. The number of hydrogen-bond acceptors (Lipinski definition) is 8. The van der Waals surface area contributed by atoms with Gasteiger partial charge in [0.05, 0.1) is 17.0 Å². The first-order valence-corrected chi connectivity index (χ1v) is 11.2. The van der Waals surface area contributed by atoms with Gasteiger partial charge in [-0.1, -0.05) is 12.1 Å². The third-order valence-corrected chi connectivity index (χ3v) is 6.41. The fourth-order valence-electron chi connectivity index (χ4n) is 4.51. The lowest BCUT2D eigenvalue weighted by molar-refractivity contribution is -0.385. The first-order valence-electron chi connectivity index (χ1n) is 11.2. The second-order valence-electron chi connectivity index (χ2n) is 8.33. The van der Waals surface area contributed by atoms with Crippen molar-refractivity contribution in [2.75, 3.05) is 44.8 Å². The van der Waals surface area contributed by atoms with Gasteiger partial charge in [0, 0.05) is 45.9 Å². The molecule has 0 spiro atoms. The zero-order chi connectivity index (χ0) is 25.1. The Morgan fingerprint density at radius 3 is 2.49 bits per heavy atom. The van der Waals surface area contributed by atoms with Crippen LogP contribution < -0.4 is 10.5 Å². The molecule has 0 radical (unpaired) electrons. The number of nitriles is 1. The summed E-state index contributed by atoms with van der Waals surface area (Å²) >= 11 is 0. The van der Waals surface area contributed by atoms with Crippen LogP contribution in [0.25, 0.3) is 11.0 Å². The van der Waals surface area contributed by atoms with E-state index >= 15 is 0 Å². The molecule has 1 fully saturated rings. The maximum Gasteiger partial charge on any atom is 0.359 e. The lowest BCUT2D eigenvalue weighted by Gasteiger charge is -2.39. The van der Waals surface area contributed by atoms with Gasteiger partial charge < -0.3 is 9.64 Å². The number of ether oxygens (including phenoxy) is 1. The predicted octanol–water partition coefficient (Wildman–Crippen LogP) is 2.85. The number of halogens is 1. The first kappa shape index (κ1) is 24.3. The van der Waals surface area contributed by atoms with Crippen LogP contribution >= 0.6 is 0 Å². The van der Waals surface area contributed by atoms with Crippen LogP contribution in [-0.4, -0.2) is 59.3 Å². The van der Waals surface area contributed by atoms with Gasteiger partial charge >= 0.3 is 11.2 Å². The summed E-state index contributed by atoms with van der Waals surface area (Å²) in [5.41, 5.74) is 0.570.